The van der Waals surface area contributed by atoms with E-state index < -0.39 is 11.0 Å². The van der Waals surface area contributed by atoms with Crippen molar-refractivity contribution in [1.29, 1.82) is 0 Å². The summed E-state index contributed by atoms with van der Waals surface area (Å²) in [6, 6.07) is 32.4. The smallest absolute Gasteiger partial charge is 0.250 e. The molecular formula is C34H27ClN2O2. The zero-order valence-electron chi connectivity index (χ0n) is 21.4. The number of ketones is 1. The van der Waals surface area contributed by atoms with Gasteiger partial charge in [0.1, 0.15) is 5.54 Å². The number of aryl methyl sites for hydroxylation is 1. The maximum atomic E-state index is 15.2. The fourth-order valence-corrected chi connectivity index (χ4v) is 8.58. The van der Waals surface area contributed by atoms with Gasteiger partial charge in [-0.2, -0.15) is 0 Å². The van der Waals surface area contributed by atoms with E-state index >= 15 is 4.79 Å². The molecule has 0 aromatic heterocycles. The van der Waals surface area contributed by atoms with E-state index in [0.717, 1.165) is 40.8 Å². The molecule has 1 fully saturated rings. The molecule has 4 aliphatic rings. The van der Waals surface area contributed by atoms with Crippen molar-refractivity contribution in [3.63, 3.8) is 0 Å². The molecule has 4 aromatic carbocycles. The highest BCUT2D eigenvalue weighted by Crippen LogP contribution is 2.69. The van der Waals surface area contributed by atoms with E-state index in [2.05, 4.69) is 58.7 Å². The molecule has 0 saturated carbocycles. The van der Waals surface area contributed by atoms with Crippen LogP contribution in [0.4, 0.5) is 5.69 Å². The quantitative estimate of drug-likeness (QED) is 0.304. The molecule has 5 heteroatoms. The van der Waals surface area contributed by atoms with E-state index in [4.69, 9.17) is 11.6 Å². The maximum Gasteiger partial charge on any atom is 0.250 e. The second-order valence-electron chi connectivity index (χ2n) is 11.4. The van der Waals surface area contributed by atoms with Gasteiger partial charge in [0.2, 0.25) is 0 Å². The minimum absolute atomic E-state index is 0.0350. The molecule has 1 amide bonds. The Labute approximate surface area is 232 Å². The molecule has 192 valence electrons. The largest absolute Gasteiger partial charge is 0.324 e. The fraction of sp³-hybridized carbons (Fsp3) is 0.235. The predicted molar refractivity (Wildman–Crippen MR) is 152 cm³/mol. The lowest BCUT2D eigenvalue weighted by Crippen LogP contribution is -2.61. The van der Waals surface area contributed by atoms with Gasteiger partial charge in [0.15, 0.2) is 5.78 Å². The summed E-state index contributed by atoms with van der Waals surface area (Å²) in [7, 11) is 0. The summed E-state index contributed by atoms with van der Waals surface area (Å²) < 4.78 is 0. The topological polar surface area (TPSA) is 49.4 Å². The molecule has 1 N–H and O–H groups in total. The Morgan fingerprint density at radius 2 is 1.49 bits per heavy atom. The Morgan fingerprint density at radius 1 is 0.795 bits per heavy atom. The summed E-state index contributed by atoms with van der Waals surface area (Å²) in [5, 5.41) is 3.89. The molecule has 3 aliphatic heterocycles. The second-order valence-corrected chi connectivity index (χ2v) is 11.8. The highest BCUT2D eigenvalue weighted by Gasteiger charge is 2.77. The maximum absolute atomic E-state index is 15.2. The number of benzene rings is 4. The molecule has 1 saturated heterocycles. The van der Waals surface area contributed by atoms with Crippen LogP contribution in [0.2, 0.25) is 5.02 Å². The lowest BCUT2D eigenvalue weighted by atomic mass is 9.53. The second kappa shape index (κ2) is 8.14. The molecule has 0 unspecified atom stereocenters. The first-order valence-electron chi connectivity index (χ1n) is 13.7. The van der Waals surface area contributed by atoms with Gasteiger partial charge in [-0.1, -0.05) is 90.5 Å². The number of carbonyl (C=O) groups excluding carboxylic acids is 2. The fourth-order valence-electron chi connectivity index (χ4n) is 8.46. The Hall–Kier alpha value is -3.73. The van der Waals surface area contributed by atoms with E-state index in [0.29, 0.717) is 18.0 Å². The normalized spacial score (nSPS) is 28.6. The molecule has 4 nitrogen and oxygen atoms in total. The van der Waals surface area contributed by atoms with Crippen molar-refractivity contribution in [2.24, 2.45) is 5.41 Å². The van der Waals surface area contributed by atoms with Gasteiger partial charge in [-0.3, -0.25) is 14.5 Å². The summed E-state index contributed by atoms with van der Waals surface area (Å²) >= 11 is 6.36. The summed E-state index contributed by atoms with van der Waals surface area (Å²) in [6.45, 7) is 0.614. The summed E-state index contributed by atoms with van der Waals surface area (Å²) in [5.74, 6) is -0.201. The Morgan fingerprint density at radius 3 is 2.31 bits per heavy atom. The van der Waals surface area contributed by atoms with Crippen LogP contribution in [-0.2, 0) is 29.7 Å². The van der Waals surface area contributed by atoms with Crippen LogP contribution in [0.3, 0.4) is 0 Å². The highest BCUT2D eigenvalue weighted by molar-refractivity contribution is 6.30. The van der Waals surface area contributed by atoms with Crippen molar-refractivity contribution >= 4 is 29.0 Å². The number of anilines is 1. The van der Waals surface area contributed by atoms with Crippen LogP contribution in [0, 0.1) is 5.41 Å². The molecular weight excluding hydrogens is 504 g/mol. The SMILES string of the molecule is O=C1Nc2ccccc2[C@]12N1Cc3ccccc3C[C@H]1[C@H](c1ccc(Cl)cc1)[C@]21CCc2ccccc2C1=O. The van der Waals surface area contributed by atoms with Gasteiger partial charge in [-0.25, -0.2) is 0 Å². The number of carbonyl (C=O) groups is 2. The van der Waals surface area contributed by atoms with Crippen molar-refractivity contribution in [3.8, 4) is 0 Å². The molecule has 8 rings (SSSR count). The first-order chi connectivity index (χ1) is 19.1. The van der Waals surface area contributed by atoms with Crippen LogP contribution in [0.15, 0.2) is 97.1 Å². The molecule has 3 heterocycles. The van der Waals surface area contributed by atoms with Gasteiger partial charge < -0.3 is 5.32 Å². The standard InChI is InChI=1S/C34H27ClN2O2/c35-25-15-13-22(14-16-25)30-29-19-23-8-1-2-9-24(23)20-37(29)34(27-11-5-6-12-28(27)36-32(34)39)33(30)18-17-21-7-3-4-10-26(21)31(33)38/h1-16,29-30H,17-20H2,(H,36,39)/t29-,30-,33-,34-/m0/s1. The minimum Gasteiger partial charge on any atom is -0.324 e. The lowest BCUT2D eigenvalue weighted by Gasteiger charge is -2.49. The van der Waals surface area contributed by atoms with Crippen LogP contribution < -0.4 is 5.32 Å². The molecule has 0 radical (unpaired) electrons. The number of hydrogen-bond acceptors (Lipinski definition) is 3. The zero-order chi connectivity index (χ0) is 26.4. The molecule has 4 atom stereocenters. The number of amides is 1. The zero-order valence-corrected chi connectivity index (χ0v) is 22.1. The monoisotopic (exact) mass is 530 g/mol. The number of rotatable bonds is 1. The van der Waals surface area contributed by atoms with Crippen LogP contribution in [-0.4, -0.2) is 22.6 Å². The van der Waals surface area contributed by atoms with Gasteiger partial charge in [-0.15, -0.1) is 0 Å². The van der Waals surface area contributed by atoms with E-state index in [1.165, 1.54) is 11.1 Å². The van der Waals surface area contributed by atoms with Gasteiger partial charge >= 0.3 is 0 Å². The van der Waals surface area contributed by atoms with Crippen molar-refractivity contribution in [3.05, 3.63) is 135 Å². The van der Waals surface area contributed by atoms with Gasteiger partial charge in [0, 0.05) is 40.3 Å². The number of nitrogens with zero attached hydrogens (tertiary/aromatic N) is 1. The van der Waals surface area contributed by atoms with Crippen LogP contribution in [0.25, 0.3) is 0 Å². The first-order valence-corrected chi connectivity index (χ1v) is 14.1. The van der Waals surface area contributed by atoms with Crippen molar-refractivity contribution in [1.82, 2.24) is 4.90 Å². The first kappa shape index (κ1) is 23.2. The Bertz CT molecular complexity index is 1680. The van der Waals surface area contributed by atoms with Crippen LogP contribution in [0.5, 0.6) is 0 Å². The Balaban J connectivity index is 1.48. The van der Waals surface area contributed by atoms with Crippen LogP contribution in [0.1, 0.15) is 50.5 Å². The molecule has 39 heavy (non-hydrogen) atoms. The third-order valence-corrected chi connectivity index (χ3v) is 10.1. The average Bonchev–Trinajstić information content (AvgIpc) is 3.40. The van der Waals surface area contributed by atoms with E-state index in [1.54, 1.807) is 0 Å². The number of Topliss-reactive ketones (excluding diaryl/α,β-unsaturated/α-hetero) is 1. The van der Waals surface area contributed by atoms with E-state index in [1.807, 2.05) is 48.5 Å². The minimum atomic E-state index is -1.13. The van der Waals surface area contributed by atoms with Gasteiger partial charge in [-0.05, 0) is 59.7 Å². The summed E-state index contributed by atoms with van der Waals surface area (Å²) in [4.78, 5) is 32.2. The highest BCUT2D eigenvalue weighted by atomic mass is 35.5. The van der Waals surface area contributed by atoms with Gasteiger partial charge in [0.25, 0.3) is 5.91 Å². The Kier molecular flexibility index (Phi) is 4.84. The third kappa shape index (κ3) is 2.83. The lowest BCUT2D eigenvalue weighted by molar-refractivity contribution is -0.133. The predicted octanol–water partition coefficient (Wildman–Crippen LogP) is 6.53. The summed E-state index contributed by atoms with van der Waals surface area (Å²) in [6.07, 6.45) is 2.12. The third-order valence-electron chi connectivity index (χ3n) is 9.86. The molecule has 0 bridgehead atoms. The van der Waals surface area contributed by atoms with Gasteiger partial charge in [0.05, 0.1) is 5.41 Å². The van der Waals surface area contributed by atoms with Crippen molar-refractivity contribution < 1.29 is 9.59 Å². The number of para-hydroxylation sites is 1. The number of fused-ring (bicyclic) bond motifs is 7. The molecule has 1 aliphatic carbocycles. The molecule has 2 spiro atoms. The summed E-state index contributed by atoms with van der Waals surface area (Å²) in [5.41, 5.74) is 5.01. The number of hydrogen-bond donors (Lipinski definition) is 1. The van der Waals surface area contributed by atoms with Crippen LogP contribution >= 0.6 is 11.6 Å². The van der Waals surface area contributed by atoms with Crippen molar-refractivity contribution in [2.75, 3.05) is 5.32 Å². The van der Waals surface area contributed by atoms with E-state index in [9.17, 15) is 4.79 Å². The number of nitrogens with one attached hydrogen (secondary N) is 1. The van der Waals surface area contributed by atoms with Crippen molar-refractivity contribution in [2.45, 2.75) is 43.3 Å². The molecule has 4 aromatic rings. The number of halogens is 1. The average molecular weight is 531 g/mol. The van der Waals surface area contributed by atoms with E-state index in [-0.39, 0.29) is 23.7 Å².